The van der Waals surface area contributed by atoms with Crippen LogP contribution in [0.15, 0.2) is 66.7 Å². The van der Waals surface area contributed by atoms with Crippen molar-refractivity contribution < 1.29 is 27.9 Å². The molecule has 0 aliphatic carbocycles. The van der Waals surface area contributed by atoms with Gasteiger partial charge in [-0.2, -0.15) is 13.2 Å². The molecule has 2 aliphatic heterocycles. The molecule has 2 heterocycles. The quantitative estimate of drug-likeness (QED) is 0.372. The van der Waals surface area contributed by atoms with E-state index in [1.54, 1.807) is 18.2 Å². The highest BCUT2D eigenvalue weighted by Crippen LogP contribution is 2.36. The highest BCUT2D eigenvalue weighted by Gasteiger charge is 2.33. The van der Waals surface area contributed by atoms with Gasteiger partial charge in [0.1, 0.15) is 0 Å². The van der Waals surface area contributed by atoms with Crippen LogP contribution in [0.3, 0.4) is 0 Å². The van der Waals surface area contributed by atoms with Gasteiger partial charge in [-0.25, -0.2) is 0 Å². The number of aryl methyl sites for hydroxylation is 1. The first-order valence-corrected chi connectivity index (χ1v) is 13.1. The molecule has 6 nitrogen and oxygen atoms in total. The Morgan fingerprint density at radius 3 is 2.46 bits per heavy atom. The molecule has 0 bridgehead atoms. The number of piperazine rings is 1. The van der Waals surface area contributed by atoms with E-state index in [0.717, 1.165) is 41.2 Å². The van der Waals surface area contributed by atoms with Gasteiger partial charge in [0.25, 0.3) is 0 Å². The number of benzene rings is 3. The van der Waals surface area contributed by atoms with Crippen molar-refractivity contribution in [1.29, 1.82) is 0 Å². The van der Waals surface area contributed by atoms with Gasteiger partial charge < -0.3 is 20.6 Å². The van der Waals surface area contributed by atoms with Gasteiger partial charge in [0.2, 0.25) is 0 Å². The third-order valence-electron chi connectivity index (χ3n) is 7.41. The van der Waals surface area contributed by atoms with E-state index in [1.807, 2.05) is 41.3 Å². The lowest BCUT2D eigenvalue weighted by molar-refractivity contribution is -0.138. The van der Waals surface area contributed by atoms with Crippen molar-refractivity contribution in [3.8, 4) is 11.1 Å². The third kappa shape index (κ3) is 6.15. The first-order valence-electron chi connectivity index (χ1n) is 13.1. The Morgan fingerprint density at radius 1 is 0.949 bits per heavy atom. The number of halogens is 3. The van der Waals surface area contributed by atoms with Gasteiger partial charge in [-0.05, 0) is 53.3 Å². The van der Waals surface area contributed by atoms with Crippen molar-refractivity contribution in [3.63, 3.8) is 0 Å². The fraction of sp³-hybridized carbons (Fsp3) is 0.333. The lowest BCUT2D eigenvalue weighted by atomic mass is 9.93. The summed E-state index contributed by atoms with van der Waals surface area (Å²) in [6.07, 6.45) is -2.88. The SMILES string of the molecule is O=C(O)CC1NCCNC1C(=O)c1ccc(-c2cccc(CN3CCCc4ccc(C(F)(F)F)cc43)c2)cc1. The number of alkyl halides is 3. The van der Waals surface area contributed by atoms with Gasteiger partial charge in [-0.1, -0.05) is 48.5 Å². The predicted molar refractivity (Wildman–Crippen MR) is 143 cm³/mol. The lowest BCUT2D eigenvalue weighted by Gasteiger charge is -2.32. The van der Waals surface area contributed by atoms with E-state index in [2.05, 4.69) is 10.6 Å². The molecule has 3 aromatic rings. The van der Waals surface area contributed by atoms with Crippen LogP contribution in [0.1, 0.15) is 39.9 Å². The van der Waals surface area contributed by atoms with Gasteiger partial charge >= 0.3 is 12.1 Å². The largest absolute Gasteiger partial charge is 0.481 e. The van der Waals surface area contributed by atoms with Gasteiger partial charge in [-0.3, -0.25) is 9.59 Å². The van der Waals surface area contributed by atoms with Gasteiger partial charge in [0.15, 0.2) is 5.78 Å². The maximum Gasteiger partial charge on any atom is 0.416 e. The molecule has 0 saturated carbocycles. The van der Waals surface area contributed by atoms with E-state index < -0.39 is 29.8 Å². The van der Waals surface area contributed by atoms with Crippen LogP contribution >= 0.6 is 0 Å². The number of carbonyl (C=O) groups excluding carboxylic acids is 1. The van der Waals surface area contributed by atoms with Crippen LogP contribution < -0.4 is 15.5 Å². The van der Waals surface area contributed by atoms with Crippen molar-refractivity contribution in [2.75, 3.05) is 24.5 Å². The summed E-state index contributed by atoms with van der Waals surface area (Å²) in [6, 6.07) is 18.0. The Kier molecular flexibility index (Phi) is 7.72. The molecule has 3 N–H and O–H groups in total. The van der Waals surface area contributed by atoms with E-state index in [9.17, 15) is 27.9 Å². The molecule has 9 heteroatoms. The Balaban J connectivity index is 1.32. The number of fused-ring (bicyclic) bond motifs is 1. The Morgan fingerprint density at radius 2 is 1.72 bits per heavy atom. The number of carboxylic acids is 1. The molecular formula is C30H30F3N3O3. The molecule has 1 saturated heterocycles. The van der Waals surface area contributed by atoms with Crippen LogP contribution in [0.25, 0.3) is 11.1 Å². The number of ketones is 1. The minimum Gasteiger partial charge on any atom is -0.481 e. The normalized spacial score (nSPS) is 19.4. The number of nitrogens with one attached hydrogen (secondary N) is 2. The summed E-state index contributed by atoms with van der Waals surface area (Å²) in [5.74, 6) is -1.12. The molecule has 2 atom stereocenters. The number of carbonyl (C=O) groups is 2. The highest BCUT2D eigenvalue weighted by atomic mass is 19.4. The number of hydrogen-bond acceptors (Lipinski definition) is 5. The van der Waals surface area contributed by atoms with Crippen LogP contribution in [-0.4, -0.2) is 48.6 Å². The maximum absolute atomic E-state index is 13.3. The minimum absolute atomic E-state index is 0.146. The number of rotatable bonds is 7. The van der Waals surface area contributed by atoms with Gasteiger partial charge in [0, 0.05) is 43.5 Å². The third-order valence-corrected chi connectivity index (χ3v) is 7.41. The lowest BCUT2D eigenvalue weighted by Crippen LogP contribution is -2.59. The molecule has 0 radical (unpaired) electrons. The minimum atomic E-state index is -4.38. The molecule has 0 aromatic heterocycles. The first-order chi connectivity index (χ1) is 18.7. The summed E-state index contributed by atoms with van der Waals surface area (Å²) in [6.45, 7) is 2.35. The van der Waals surface area contributed by atoms with E-state index in [0.29, 0.717) is 37.4 Å². The summed E-state index contributed by atoms with van der Waals surface area (Å²) in [5, 5.41) is 15.5. The summed E-state index contributed by atoms with van der Waals surface area (Å²) in [4.78, 5) is 26.4. The van der Waals surface area contributed by atoms with E-state index >= 15 is 0 Å². The number of hydrogen-bond donors (Lipinski definition) is 3. The second kappa shape index (κ2) is 11.2. The van der Waals surface area contributed by atoms with Crippen molar-refractivity contribution >= 4 is 17.4 Å². The number of aliphatic carboxylic acids is 1. The van der Waals surface area contributed by atoms with Crippen LogP contribution in [0.4, 0.5) is 18.9 Å². The monoisotopic (exact) mass is 537 g/mol. The zero-order valence-corrected chi connectivity index (χ0v) is 21.3. The van der Waals surface area contributed by atoms with Crippen molar-refractivity contribution in [3.05, 3.63) is 89.0 Å². The fourth-order valence-corrected chi connectivity index (χ4v) is 5.47. The number of anilines is 1. The standard InChI is InChI=1S/C30H30F3N3O3/c31-30(32,33)24-11-10-21-5-2-14-36(26(21)16-24)18-19-3-1-4-23(15-19)20-6-8-22(9-7-20)29(39)28-25(17-27(37)38)34-12-13-35-28/h1,3-4,6-11,15-16,25,28,34-35H,2,5,12-14,17-18H2,(H,37,38). The predicted octanol–water partition coefficient (Wildman–Crippen LogP) is 4.91. The molecule has 0 amide bonds. The fourth-order valence-electron chi connectivity index (χ4n) is 5.47. The average molecular weight is 538 g/mol. The van der Waals surface area contributed by atoms with Gasteiger partial charge in [-0.15, -0.1) is 0 Å². The molecule has 5 rings (SSSR count). The molecule has 204 valence electrons. The molecule has 2 aliphatic rings. The van der Waals surface area contributed by atoms with Crippen LogP contribution in [0.5, 0.6) is 0 Å². The molecule has 39 heavy (non-hydrogen) atoms. The molecule has 1 fully saturated rings. The summed E-state index contributed by atoms with van der Waals surface area (Å²) < 4.78 is 40.0. The first kappa shape index (κ1) is 26.9. The van der Waals surface area contributed by atoms with E-state index in [4.69, 9.17) is 0 Å². The topological polar surface area (TPSA) is 81.7 Å². The summed E-state index contributed by atoms with van der Waals surface area (Å²) in [7, 11) is 0. The molecule has 2 unspecified atom stereocenters. The maximum atomic E-state index is 13.3. The Hall–Kier alpha value is -3.69. The summed E-state index contributed by atoms with van der Waals surface area (Å²) in [5.41, 5.74) is 4.25. The Bertz CT molecular complexity index is 1360. The molecule has 0 spiro atoms. The Labute approximate surface area is 224 Å². The van der Waals surface area contributed by atoms with Crippen molar-refractivity contribution in [2.24, 2.45) is 0 Å². The van der Waals surface area contributed by atoms with Crippen molar-refractivity contribution in [2.45, 2.75) is 44.1 Å². The van der Waals surface area contributed by atoms with Crippen LogP contribution in [-0.2, 0) is 23.9 Å². The van der Waals surface area contributed by atoms with E-state index in [-0.39, 0.29) is 12.2 Å². The zero-order chi connectivity index (χ0) is 27.6. The number of Topliss-reactive ketones (excluding diaryl/α,β-unsaturated/α-hetero) is 1. The highest BCUT2D eigenvalue weighted by molar-refractivity contribution is 6.01. The molecular weight excluding hydrogens is 507 g/mol. The number of nitrogens with zero attached hydrogens (tertiary/aromatic N) is 1. The van der Waals surface area contributed by atoms with E-state index in [1.165, 1.54) is 6.07 Å². The second-order valence-corrected chi connectivity index (χ2v) is 10.1. The smallest absolute Gasteiger partial charge is 0.416 e. The second-order valence-electron chi connectivity index (χ2n) is 10.1. The van der Waals surface area contributed by atoms with Crippen LogP contribution in [0, 0.1) is 0 Å². The number of carboxylic acid groups (broad SMARTS) is 1. The van der Waals surface area contributed by atoms with Gasteiger partial charge in [0.05, 0.1) is 18.0 Å². The van der Waals surface area contributed by atoms with Crippen molar-refractivity contribution in [1.82, 2.24) is 10.6 Å². The summed E-state index contributed by atoms with van der Waals surface area (Å²) >= 11 is 0. The van der Waals surface area contributed by atoms with Crippen LogP contribution in [0.2, 0.25) is 0 Å². The molecule has 3 aromatic carbocycles. The average Bonchev–Trinajstić information content (AvgIpc) is 2.92. The zero-order valence-electron chi connectivity index (χ0n) is 21.3.